The third-order valence-corrected chi connectivity index (χ3v) is 4.99. The number of carbonyl (C=O) groups excluding carboxylic acids is 1. The van der Waals surface area contributed by atoms with E-state index in [1.54, 1.807) is 7.05 Å². The number of carbonyl (C=O) groups is 1. The molecule has 0 atom stereocenters. The van der Waals surface area contributed by atoms with Gasteiger partial charge in [0, 0.05) is 31.6 Å². The molecule has 1 aliphatic carbocycles. The van der Waals surface area contributed by atoms with Crippen LogP contribution in [-0.4, -0.2) is 22.7 Å². The zero-order chi connectivity index (χ0) is 15.5. The predicted molar refractivity (Wildman–Crippen MR) is 83.8 cm³/mol. The Bertz CT molecular complexity index is 784. The van der Waals surface area contributed by atoms with Gasteiger partial charge in [-0.05, 0) is 55.5 Å². The van der Waals surface area contributed by atoms with Crippen LogP contribution in [0.3, 0.4) is 0 Å². The number of amides is 1. The van der Waals surface area contributed by atoms with Crippen molar-refractivity contribution in [2.24, 2.45) is 7.05 Å². The van der Waals surface area contributed by atoms with E-state index in [4.69, 9.17) is 0 Å². The van der Waals surface area contributed by atoms with Crippen molar-refractivity contribution in [3.63, 3.8) is 0 Å². The Balaban J connectivity index is 2.34. The molecule has 4 nitrogen and oxygen atoms in total. The third-order valence-electron chi connectivity index (χ3n) is 4.99. The normalized spacial score (nSPS) is 12.3. The van der Waals surface area contributed by atoms with Crippen LogP contribution < -0.4 is 5.32 Å². The van der Waals surface area contributed by atoms with Gasteiger partial charge in [0.1, 0.15) is 0 Å². The molecule has 0 unspecified atom stereocenters. The average Bonchev–Trinajstić information content (AvgIpc) is 3.00. The lowest BCUT2D eigenvalue weighted by atomic mass is 9.90. The molecule has 0 bridgehead atoms. The van der Waals surface area contributed by atoms with E-state index in [9.17, 15) is 4.79 Å². The van der Waals surface area contributed by atoms with E-state index in [1.807, 2.05) is 11.7 Å². The van der Waals surface area contributed by atoms with Gasteiger partial charge in [-0.25, -0.2) is 0 Å². The van der Waals surface area contributed by atoms with E-state index < -0.39 is 0 Å². The molecular formula is C17H21N3O. The van der Waals surface area contributed by atoms with Gasteiger partial charge >= 0.3 is 0 Å². The second-order valence-corrected chi connectivity index (χ2v) is 5.91. The molecule has 21 heavy (non-hydrogen) atoms. The lowest BCUT2D eigenvalue weighted by Gasteiger charge is -2.16. The Morgan fingerprint density at radius 2 is 1.67 bits per heavy atom. The minimum absolute atomic E-state index is 0.108. The molecule has 0 fully saturated rings. The molecule has 1 heterocycles. The largest absolute Gasteiger partial charge is 0.354 e. The number of rotatable bonds is 1. The summed E-state index contributed by atoms with van der Waals surface area (Å²) in [5.41, 5.74) is 10.7. The molecule has 110 valence electrons. The van der Waals surface area contributed by atoms with Crippen LogP contribution in [0.4, 0.5) is 0 Å². The summed E-state index contributed by atoms with van der Waals surface area (Å²) in [7, 11) is 3.57. The highest BCUT2D eigenvalue weighted by molar-refractivity contribution is 5.97. The SMILES string of the molecule is CNC(=O)c1nn(C)c2c1Cc1c(C)c(C)c(C)c(C)c1-2. The molecule has 0 saturated carbocycles. The average molecular weight is 283 g/mol. The smallest absolute Gasteiger partial charge is 0.271 e. The number of nitrogens with zero attached hydrogens (tertiary/aromatic N) is 2. The van der Waals surface area contributed by atoms with Crippen LogP contribution >= 0.6 is 0 Å². The standard InChI is InChI=1S/C17H21N3O/c1-8-9(2)11(4)14-12(10(8)3)7-13-15(17(21)18-5)19-20(6)16(13)14/h7H2,1-6H3,(H,18,21). The van der Waals surface area contributed by atoms with E-state index in [1.165, 1.54) is 33.4 Å². The van der Waals surface area contributed by atoms with Gasteiger partial charge in [0.2, 0.25) is 0 Å². The molecule has 1 N–H and O–H groups in total. The summed E-state index contributed by atoms with van der Waals surface area (Å²) in [6, 6.07) is 0. The Morgan fingerprint density at radius 1 is 1.05 bits per heavy atom. The Labute approximate surface area is 125 Å². The van der Waals surface area contributed by atoms with E-state index in [-0.39, 0.29) is 5.91 Å². The summed E-state index contributed by atoms with van der Waals surface area (Å²) in [6.45, 7) is 8.70. The summed E-state index contributed by atoms with van der Waals surface area (Å²) in [6.07, 6.45) is 0.801. The van der Waals surface area contributed by atoms with E-state index in [0.29, 0.717) is 5.69 Å². The van der Waals surface area contributed by atoms with Crippen LogP contribution in [0.1, 0.15) is 43.9 Å². The summed E-state index contributed by atoms with van der Waals surface area (Å²) < 4.78 is 1.85. The van der Waals surface area contributed by atoms with E-state index in [2.05, 4.69) is 38.1 Å². The van der Waals surface area contributed by atoms with E-state index in [0.717, 1.165) is 17.7 Å². The third kappa shape index (κ3) is 1.68. The molecule has 2 aromatic rings. The van der Waals surface area contributed by atoms with Crippen LogP contribution in [0.2, 0.25) is 0 Å². The first kappa shape index (κ1) is 13.9. The van der Waals surface area contributed by atoms with Gasteiger partial charge in [-0.1, -0.05) is 0 Å². The fourth-order valence-corrected chi connectivity index (χ4v) is 3.46. The Hall–Kier alpha value is -2.10. The highest BCUT2D eigenvalue weighted by Crippen LogP contribution is 2.43. The van der Waals surface area contributed by atoms with Crippen molar-refractivity contribution >= 4 is 5.91 Å². The summed E-state index contributed by atoms with van der Waals surface area (Å²) >= 11 is 0. The minimum Gasteiger partial charge on any atom is -0.354 e. The molecule has 0 radical (unpaired) electrons. The molecule has 0 saturated heterocycles. The van der Waals surface area contributed by atoms with Gasteiger partial charge in [0.25, 0.3) is 5.91 Å². The summed E-state index contributed by atoms with van der Waals surface area (Å²) in [5.74, 6) is -0.108. The molecule has 1 aromatic heterocycles. The van der Waals surface area contributed by atoms with Crippen molar-refractivity contribution in [1.29, 1.82) is 0 Å². The first-order valence-corrected chi connectivity index (χ1v) is 7.26. The molecule has 3 rings (SSSR count). The van der Waals surface area contributed by atoms with Crippen LogP contribution in [0.25, 0.3) is 11.3 Å². The summed E-state index contributed by atoms with van der Waals surface area (Å²) in [4.78, 5) is 12.1. The van der Waals surface area contributed by atoms with Crippen molar-refractivity contribution in [3.05, 3.63) is 39.1 Å². The number of hydrogen-bond donors (Lipinski definition) is 1. The van der Waals surface area contributed by atoms with Crippen LogP contribution in [0.15, 0.2) is 0 Å². The first-order chi connectivity index (χ1) is 9.88. The lowest BCUT2D eigenvalue weighted by molar-refractivity contribution is 0.0956. The maximum Gasteiger partial charge on any atom is 0.271 e. The highest BCUT2D eigenvalue weighted by Gasteiger charge is 2.32. The second-order valence-electron chi connectivity index (χ2n) is 5.91. The summed E-state index contributed by atoms with van der Waals surface area (Å²) in [5, 5.41) is 7.12. The van der Waals surface area contributed by atoms with Gasteiger partial charge < -0.3 is 5.32 Å². The number of fused-ring (bicyclic) bond motifs is 3. The van der Waals surface area contributed by atoms with Crippen molar-refractivity contribution in [1.82, 2.24) is 15.1 Å². The molecular weight excluding hydrogens is 262 g/mol. The molecule has 1 amide bonds. The molecule has 1 aliphatic rings. The Morgan fingerprint density at radius 3 is 2.29 bits per heavy atom. The van der Waals surface area contributed by atoms with Crippen LogP contribution in [-0.2, 0) is 13.5 Å². The maximum absolute atomic E-state index is 12.1. The quantitative estimate of drug-likeness (QED) is 0.746. The zero-order valence-corrected chi connectivity index (χ0v) is 13.5. The minimum atomic E-state index is -0.108. The molecule has 0 aliphatic heterocycles. The monoisotopic (exact) mass is 283 g/mol. The van der Waals surface area contributed by atoms with Gasteiger partial charge in [-0.15, -0.1) is 0 Å². The van der Waals surface area contributed by atoms with Gasteiger partial charge in [-0.2, -0.15) is 5.10 Å². The topological polar surface area (TPSA) is 46.9 Å². The maximum atomic E-state index is 12.1. The molecule has 0 spiro atoms. The van der Waals surface area contributed by atoms with Gasteiger partial charge in [0.05, 0.1) is 5.69 Å². The number of benzene rings is 1. The fourth-order valence-electron chi connectivity index (χ4n) is 3.46. The molecule has 4 heteroatoms. The number of hydrogen-bond acceptors (Lipinski definition) is 2. The van der Waals surface area contributed by atoms with E-state index >= 15 is 0 Å². The van der Waals surface area contributed by atoms with Crippen molar-refractivity contribution < 1.29 is 4.79 Å². The Kier molecular flexibility index (Phi) is 2.94. The first-order valence-electron chi connectivity index (χ1n) is 7.26. The number of nitrogens with one attached hydrogen (secondary N) is 1. The van der Waals surface area contributed by atoms with Gasteiger partial charge in [0.15, 0.2) is 5.69 Å². The number of aryl methyl sites for hydroxylation is 1. The highest BCUT2D eigenvalue weighted by atomic mass is 16.1. The second kappa shape index (κ2) is 4.45. The molecule has 1 aromatic carbocycles. The van der Waals surface area contributed by atoms with Crippen LogP contribution in [0, 0.1) is 27.7 Å². The fraction of sp³-hybridized carbons (Fsp3) is 0.412. The number of aromatic nitrogens is 2. The van der Waals surface area contributed by atoms with Crippen molar-refractivity contribution in [2.45, 2.75) is 34.1 Å². The predicted octanol–water partition coefficient (Wildman–Crippen LogP) is 2.58. The van der Waals surface area contributed by atoms with Crippen molar-refractivity contribution in [2.75, 3.05) is 7.05 Å². The zero-order valence-electron chi connectivity index (χ0n) is 13.5. The lowest BCUT2D eigenvalue weighted by Crippen LogP contribution is -2.20. The van der Waals surface area contributed by atoms with Gasteiger partial charge in [-0.3, -0.25) is 9.48 Å². The van der Waals surface area contributed by atoms with Crippen LogP contribution in [0.5, 0.6) is 0 Å². The van der Waals surface area contributed by atoms with Crippen molar-refractivity contribution in [3.8, 4) is 11.3 Å².